The fraction of sp³-hybridized carbons (Fsp3) is 0.512. The highest BCUT2D eigenvalue weighted by atomic mass is 16.6. The minimum Gasteiger partial charge on any atom is -0.444 e. The molecule has 0 radical (unpaired) electrons. The van der Waals surface area contributed by atoms with Crippen molar-refractivity contribution < 1.29 is 33.4 Å². The number of anilines is 1. The van der Waals surface area contributed by atoms with Gasteiger partial charge in [-0.15, -0.1) is 5.10 Å². The largest absolute Gasteiger partial charge is 0.444 e. The number of carbonyl (C=O) groups excluding carboxylic acids is 4. The van der Waals surface area contributed by atoms with E-state index in [1.807, 2.05) is 69.4 Å². The number of benzene rings is 2. The predicted octanol–water partition coefficient (Wildman–Crippen LogP) is 8.41. The summed E-state index contributed by atoms with van der Waals surface area (Å²) >= 11 is 0. The average Bonchev–Trinajstić information content (AvgIpc) is 3.88. The normalized spacial score (nSPS) is 19.1. The zero-order valence-electron chi connectivity index (χ0n) is 32.8. The summed E-state index contributed by atoms with van der Waals surface area (Å²) in [5.74, 6) is -0.220. The second kappa shape index (κ2) is 14.6. The van der Waals surface area contributed by atoms with Gasteiger partial charge in [-0.1, -0.05) is 30.3 Å². The molecule has 2 aromatic carbocycles. The van der Waals surface area contributed by atoms with E-state index < -0.39 is 40.9 Å². The lowest BCUT2D eigenvalue weighted by Gasteiger charge is -2.28. The number of allylic oxidation sites excluding steroid dienone is 1. The Kier molecular flexibility index (Phi) is 10.4. The van der Waals surface area contributed by atoms with E-state index >= 15 is 0 Å². The van der Waals surface area contributed by atoms with Crippen LogP contribution in [0.15, 0.2) is 53.7 Å². The van der Waals surface area contributed by atoms with Crippen LogP contribution in [0.5, 0.6) is 0 Å². The molecule has 0 bridgehead atoms. The van der Waals surface area contributed by atoms with E-state index in [9.17, 15) is 19.2 Å². The topological polar surface area (TPSA) is 145 Å². The van der Waals surface area contributed by atoms with Crippen molar-refractivity contribution in [3.63, 3.8) is 0 Å². The Morgan fingerprint density at radius 2 is 1.26 bits per heavy atom. The number of nitrogens with zero attached hydrogens (tertiary/aromatic N) is 5. The van der Waals surface area contributed by atoms with Crippen LogP contribution in [0.4, 0.5) is 20.2 Å². The van der Waals surface area contributed by atoms with Gasteiger partial charge in [0, 0.05) is 36.8 Å². The molecule has 2 atom stereocenters. The maximum Gasteiger partial charge on any atom is 0.435 e. The van der Waals surface area contributed by atoms with E-state index in [-0.39, 0.29) is 18.0 Å². The van der Waals surface area contributed by atoms with Gasteiger partial charge in [0.05, 0.1) is 11.6 Å². The van der Waals surface area contributed by atoms with Crippen molar-refractivity contribution >= 4 is 52.2 Å². The van der Waals surface area contributed by atoms with Crippen LogP contribution in [-0.4, -0.2) is 91.5 Å². The predicted molar refractivity (Wildman–Crippen MR) is 207 cm³/mol. The molecule has 288 valence electrons. The lowest BCUT2D eigenvalue weighted by Crippen LogP contribution is -2.45. The molecule has 3 amide bonds. The van der Waals surface area contributed by atoms with Gasteiger partial charge in [0.25, 0.3) is 0 Å². The van der Waals surface area contributed by atoms with E-state index in [2.05, 4.69) is 10.4 Å². The zero-order chi connectivity index (χ0) is 39.2. The molecule has 0 aliphatic carbocycles. The van der Waals surface area contributed by atoms with E-state index in [0.29, 0.717) is 43.3 Å². The summed E-state index contributed by atoms with van der Waals surface area (Å²) in [7, 11) is 0. The molecule has 0 saturated carbocycles. The van der Waals surface area contributed by atoms with Gasteiger partial charge in [0.1, 0.15) is 22.8 Å². The van der Waals surface area contributed by atoms with Crippen LogP contribution in [0.3, 0.4) is 0 Å². The molecule has 2 fully saturated rings. The summed E-state index contributed by atoms with van der Waals surface area (Å²) in [6.07, 6.45) is 3.90. The third-order valence-electron chi connectivity index (χ3n) is 9.28. The van der Waals surface area contributed by atoms with Crippen LogP contribution in [0, 0.1) is 0 Å². The molecule has 3 aliphatic heterocycles. The van der Waals surface area contributed by atoms with Crippen molar-refractivity contribution in [2.24, 2.45) is 4.99 Å². The molecule has 13 heteroatoms. The Bertz CT molecular complexity index is 2010. The second-order valence-corrected chi connectivity index (χ2v) is 17.2. The Morgan fingerprint density at radius 1 is 0.704 bits per heavy atom. The van der Waals surface area contributed by atoms with Crippen LogP contribution in [0.25, 0.3) is 27.6 Å². The van der Waals surface area contributed by atoms with Crippen LogP contribution in [0.1, 0.15) is 100.0 Å². The minimum atomic E-state index is -0.783. The standard InChI is InChI=1S/C41H52N6O7/c1-39(2,3)52-36(49)45-20-10-12-31(45)30-22-28(24-42-30)26-16-14-25(15-17-26)27-18-19-29-33(23-27)47(38(51)54-41(7,8)9)44-34(29)43-35(48)32-13-11-21-46(32)37(50)53-40(4,5)6/h14-19,23-24,31-32H,10-13,20-22H2,1-9H3,(H,43,44,48)/t31?,32-/m0/s1. The smallest absolute Gasteiger partial charge is 0.435 e. The monoisotopic (exact) mass is 740 g/mol. The number of hydrogen-bond donors (Lipinski definition) is 1. The van der Waals surface area contributed by atoms with Gasteiger partial charge < -0.3 is 19.5 Å². The first kappa shape index (κ1) is 38.5. The third-order valence-corrected chi connectivity index (χ3v) is 9.28. The number of amides is 3. The van der Waals surface area contributed by atoms with E-state index in [0.717, 1.165) is 40.8 Å². The molecule has 2 saturated heterocycles. The van der Waals surface area contributed by atoms with Gasteiger partial charge in [-0.2, -0.15) is 4.68 Å². The van der Waals surface area contributed by atoms with Crippen molar-refractivity contribution in [1.82, 2.24) is 19.6 Å². The molecule has 54 heavy (non-hydrogen) atoms. The highest BCUT2D eigenvalue weighted by molar-refractivity contribution is 6.06. The third kappa shape index (κ3) is 8.77. The number of fused-ring (bicyclic) bond motifs is 1. The maximum atomic E-state index is 13.6. The van der Waals surface area contributed by atoms with Gasteiger partial charge in [-0.3, -0.25) is 19.6 Å². The van der Waals surface area contributed by atoms with E-state index in [4.69, 9.17) is 19.2 Å². The highest BCUT2D eigenvalue weighted by Gasteiger charge is 2.38. The number of aliphatic imine (C=N–C) groups is 1. The first-order valence-corrected chi connectivity index (χ1v) is 18.7. The summed E-state index contributed by atoms with van der Waals surface area (Å²) in [4.78, 5) is 60.8. The first-order chi connectivity index (χ1) is 25.3. The van der Waals surface area contributed by atoms with Crippen LogP contribution >= 0.6 is 0 Å². The molecule has 6 rings (SSSR count). The van der Waals surface area contributed by atoms with E-state index in [1.54, 1.807) is 46.4 Å². The molecule has 0 spiro atoms. The van der Waals surface area contributed by atoms with Gasteiger partial charge in [0.2, 0.25) is 5.91 Å². The van der Waals surface area contributed by atoms with Crippen molar-refractivity contribution in [3.8, 4) is 11.1 Å². The number of rotatable bonds is 5. The van der Waals surface area contributed by atoms with Crippen LogP contribution < -0.4 is 5.32 Å². The average molecular weight is 741 g/mol. The number of nitrogens with one attached hydrogen (secondary N) is 1. The molecule has 3 aromatic rings. The Labute approximate surface area is 316 Å². The fourth-order valence-electron chi connectivity index (χ4n) is 6.97. The Hall–Kier alpha value is -5.20. The molecule has 1 aromatic heterocycles. The van der Waals surface area contributed by atoms with Crippen molar-refractivity contribution in [3.05, 3.63) is 54.2 Å². The zero-order valence-corrected chi connectivity index (χ0v) is 32.8. The number of likely N-dealkylation sites (tertiary alicyclic amines) is 2. The van der Waals surface area contributed by atoms with Gasteiger partial charge >= 0.3 is 18.3 Å². The molecule has 1 N–H and O–H groups in total. The molecular weight excluding hydrogens is 688 g/mol. The highest BCUT2D eigenvalue weighted by Crippen LogP contribution is 2.34. The molecule has 1 unspecified atom stereocenters. The van der Waals surface area contributed by atoms with Gasteiger partial charge in [-0.05, 0) is 122 Å². The van der Waals surface area contributed by atoms with Crippen molar-refractivity contribution in [2.75, 3.05) is 18.4 Å². The number of ether oxygens (including phenoxy) is 3. The van der Waals surface area contributed by atoms with Crippen LogP contribution in [0.2, 0.25) is 0 Å². The van der Waals surface area contributed by atoms with Gasteiger partial charge in [-0.25, -0.2) is 14.4 Å². The summed E-state index contributed by atoms with van der Waals surface area (Å²) in [5, 5.41) is 7.94. The minimum absolute atomic E-state index is 0.0776. The Morgan fingerprint density at radius 3 is 1.91 bits per heavy atom. The molecular formula is C41H52N6O7. The quantitative estimate of drug-likeness (QED) is 0.257. The second-order valence-electron chi connectivity index (χ2n) is 17.2. The van der Waals surface area contributed by atoms with Crippen LogP contribution in [-0.2, 0) is 19.0 Å². The Balaban J connectivity index is 1.21. The summed E-state index contributed by atoms with van der Waals surface area (Å²) in [5.41, 5.74) is 3.21. The van der Waals surface area contributed by atoms with E-state index in [1.165, 1.54) is 9.58 Å². The molecule has 13 nitrogen and oxygen atoms in total. The number of aromatic nitrogens is 2. The summed E-state index contributed by atoms with van der Waals surface area (Å²) in [6, 6.07) is 12.9. The maximum absolute atomic E-state index is 13.6. The number of hydrogen-bond acceptors (Lipinski definition) is 9. The first-order valence-electron chi connectivity index (χ1n) is 18.7. The lowest BCUT2D eigenvalue weighted by molar-refractivity contribution is -0.120. The van der Waals surface area contributed by atoms with Crippen molar-refractivity contribution in [1.29, 1.82) is 0 Å². The molecule has 3 aliphatic rings. The summed E-state index contributed by atoms with van der Waals surface area (Å²) < 4.78 is 18.1. The number of carbonyl (C=O) groups is 4. The lowest BCUT2D eigenvalue weighted by atomic mass is 9.96. The van der Waals surface area contributed by atoms with Gasteiger partial charge in [0.15, 0.2) is 5.82 Å². The SMILES string of the molecule is CC(C)(C)OC(=O)N1CCCC1C1=NC=C(c2ccc(-c3ccc4c(NC(=O)[C@@H]5CCCN5C(=O)OC(C)(C)C)nn(C(=O)OC(C)(C)C)c4c3)cc2)C1. The van der Waals surface area contributed by atoms with Crippen molar-refractivity contribution in [2.45, 2.75) is 123 Å². The summed E-state index contributed by atoms with van der Waals surface area (Å²) in [6.45, 7) is 17.3. The molecule has 4 heterocycles. The fourth-order valence-corrected chi connectivity index (χ4v) is 6.97.